The number of methoxy groups -OCH3 is 2. The minimum absolute atomic E-state index is 0.165. The van der Waals surface area contributed by atoms with Crippen LogP contribution < -0.4 is 14.8 Å². The monoisotopic (exact) mass is 328 g/mol. The summed E-state index contributed by atoms with van der Waals surface area (Å²) in [6, 6.07) is 3.42. The van der Waals surface area contributed by atoms with Gasteiger partial charge in [0.1, 0.15) is 4.90 Å². The molecule has 0 saturated carbocycles. The molecule has 1 N–H and O–H groups in total. The first-order valence-corrected chi connectivity index (χ1v) is 9.23. The fourth-order valence-corrected chi connectivity index (χ4v) is 3.53. The predicted molar refractivity (Wildman–Crippen MR) is 85.7 cm³/mol. The molecule has 1 aromatic carbocycles. The molecule has 6 nitrogen and oxygen atoms in total. The summed E-state index contributed by atoms with van der Waals surface area (Å²) in [4.78, 5) is 2.55. The number of hydrogen-bond donors (Lipinski definition) is 1. The summed E-state index contributed by atoms with van der Waals surface area (Å²) >= 11 is 0. The van der Waals surface area contributed by atoms with Crippen LogP contribution >= 0.6 is 0 Å². The molecule has 0 radical (unpaired) electrons. The van der Waals surface area contributed by atoms with Crippen molar-refractivity contribution < 1.29 is 17.9 Å². The van der Waals surface area contributed by atoms with E-state index in [0.717, 1.165) is 44.7 Å². The second-order valence-electron chi connectivity index (χ2n) is 5.40. The zero-order valence-corrected chi connectivity index (χ0v) is 14.2. The third-order valence-corrected chi connectivity index (χ3v) is 4.99. The Morgan fingerprint density at radius 1 is 1.14 bits per heavy atom. The van der Waals surface area contributed by atoms with Crippen LogP contribution in [0.4, 0.5) is 0 Å². The number of sulfone groups is 1. The first-order valence-electron chi connectivity index (χ1n) is 7.34. The van der Waals surface area contributed by atoms with Crippen LogP contribution in [0.15, 0.2) is 17.0 Å². The summed E-state index contributed by atoms with van der Waals surface area (Å²) < 4.78 is 34.4. The molecule has 22 heavy (non-hydrogen) atoms. The van der Waals surface area contributed by atoms with Gasteiger partial charge in [-0.15, -0.1) is 0 Å². The number of rotatable bonds is 6. The third kappa shape index (κ3) is 3.91. The number of ether oxygens (including phenoxy) is 2. The van der Waals surface area contributed by atoms with Crippen LogP contribution in [0.2, 0.25) is 0 Å². The minimum Gasteiger partial charge on any atom is -0.493 e. The van der Waals surface area contributed by atoms with Gasteiger partial charge in [0, 0.05) is 39.0 Å². The van der Waals surface area contributed by atoms with Crippen molar-refractivity contribution in [3.8, 4) is 11.5 Å². The molecule has 0 atom stereocenters. The van der Waals surface area contributed by atoms with Gasteiger partial charge in [-0.3, -0.25) is 0 Å². The van der Waals surface area contributed by atoms with Crippen LogP contribution in [0.1, 0.15) is 5.56 Å². The van der Waals surface area contributed by atoms with Crippen molar-refractivity contribution in [2.24, 2.45) is 0 Å². The van der Waals surface area contributed by atoms with Gasteiger partial charge in [0.15, 0.2) is 21.3 Å². The van der Waals surface area contributed by atoms with Crippen molar-refractivity contribution in [2.45, 2.75) is 11.3 Å². The Hall–Kier alpha value is -1.31. The van der Waals surface area contributed by atoms with Gasteiger partial charge in [-0.05, 0) is 18.1 Å². The van der Waals surface area contributed by atoms with Crippen molar-refractivity contribution in [3.63, 3.8) is 0 Å². The van der Waals surface area contributed by atoms with Gasteiger partial charge in [-0.25, -0.2) is 8.42 Å². The molecule has 0 amide bonds. The van der Waals surface area contributed by atoms with Crippen molar-refractivity contribution in [2.75, 3.05) is 53.2 Å². The van der Waals surface area contributed by atoms with E-state index >= 15 is 0 Å². The summed E-state index contributed by atoms with van der Waals surface area (Å²) in [6.45, 7) is 4.99. The second-order valence-corrected chi connectivity index (χ2v) is 7.39. The minimum atomic E-state index is -3.35. The van der Waals surface area contributed by atoms with Crippen molar-refractivity contribution in [1.29, 1.82) is 0 Å². The Balaban J connectivity index is 2.24. The van der Waals surface area contributed by atoms with Crippen molar-refractivity contribution >= 4 is 9.84 Å². The van der Waals surface area contributed by atoms with Gasteiger partial charge in [0.2, 0.25) is 0 Å². The smallest absolute Gasteiger partial charge is 0.179 e. The molecular weight excluding hydrogens is 304 g/mol. The molecule has 0 bridgehead atoms. The summed E-state index contributed by atoms with van der Waals surface area (Å²) in [5, 5.41) is 3.32. The fourth-order valence-electron chi connectivity index (χ4n) is 2.70. The topological polar surface area (TPSA) is 67.9 Å². The van der Waals surface area contributed by atoms with Crippen molar-refractivity contribution in [1.82, 2.24) is 10.2 Å². The molecule has 0 aromatic heterocycles. The van der Waals surface area contributed by atoms with E-state index in [0.29, 0.717) is 11.5 Å². The second kappa shape index (κ2) is 7.30. The molecule has 2 rings (SSSR count). The lowest BCUT2D eigenvalue weighted by Crippen LogP contribution is -2.44. The standard InChI is InChI=1S/C15H24N2O4S/c1-20-14-12(6-9-17-10-7-16-8-11-17)4-5-13(15(14)21-2)22(3,18)19/h4-5,16H,6-11H2,1-3H3. The fraction of sp³-hybridized carbons (Fsp3) is 0.600. The predicted octanol–water partition coefficient (Wildman–Crippen LogP) is 0.555. The molecule has 124 valence electrons. The highest BCUT2D eigenvalue weighted by Gasteiger charge is 2.21. The zero-order valence-electron chi connectivity index (χ0n) is 13.4. The van der Waals surface area contributed by atoms with Gasteiger partial charge >= 0.3 is 0 Å². The highest BCUT2D eigenvalue weighted by Crippen LogP contribution is 2.37. The normalized spacial score (nSPS) is 16.5. The van der Waals surface area contributed by atoms with E-state index in [2.05, 4.69) is 10.2 Å². The number of nitrogens with one attached hydrogen (secondary N) is 1. The molecule has 0 unspecified atom stereocenters. The average Bonchev–Trinajstić information content (AvgIpc) is 2.51. The van der Waals surface area contributed by atoms with Crippen LogP contribution in [0, 0.1) is 0 Å². The maximum atomic E-state index is 11.8. The van der Waals surface area contributed by atoms with Gasteiger partial charge in [-0.1, -0.05) is 6.07 Å². The van der Waals surface area contributed by atoms with E-state index in [1.807, 2.05) is 6.07 Å². The Labute approximate surface area is 132 Å². The molecule has 0 aliphatic carbocycles. The van der Waals surface area contributed by atoms with Crippen LogP contribution in [0.5, 0.6) is 11.5 Å². The molecule has 1 aliphatic heterocycles. The number of nitrogens with zero attached hydrogens (tertiary/aromatic N) is 1. The summed E-state index contributed by atoms with van der Waals surface area (Å²) in [5.41, 5.74) is 0.963. The molecule has 1 aliphatic rings. The van der Waals surface area contributed by atoms with E-state index in [9.17, 15) is 8.42 Å². The maximum absolute atomic E-state index is 11.8. The quantitative estimate of drug-likeness (QED) is 0.823. The molecule has 1 saturated heterocycles. The Bertz CT molecular complexity index is 610. The SMILES string of the molecule is COc1c(CCN2CCNCC2)ccc(S(C)(=O)=O)c1OC. The molecule has 7 heteroatoms. The highest BCUT2D eigenvalue weighted by molar-refractivity contribution is 7.90. The molecule has 1 fully saturated rings. The van der Waals surface area contributed by atoms with Crippen LogP contribution in [-0.4, -0.2) is 66.5 Å². The summed E-state index contributed by atoms with van der Waals surface area (Å²) in [6.07, 6.45) is 1.97. The van der Waals surface area contributed by atoms with E-state index < -0.39 is 9.84 Å². The molecule has 0 spiro atoms. The Morgan fingerprint density at radius 2 is 1.77 bits per heavy atom. The maximum Gasteiger partial charge on any atom is 0.179 e. The summed E-state index contributed by atoms with van der Waals surface area (Å²) in [5.74, 6) is 0.809. The lowest BCUT2D eigenvalue weighted by atomic mass is 10.1. The first-order chi connectivity index (χ1) is 10.5. The molecular formula is C15H24N2O4S. The Kier molecular flexibility index (Phi) is 5.66. The van der Waals surface area contributed by atoms with Gasteiger partial charge < -0.3 is 19.7 Å². The number of hydrogen-bond acceptors (Lipinski definition) is 6. The number of benzene rings is 1. The van der Waals surface area contributed by atoms with Crippen LogP contribution in [0.3, 0.4) is 0 Å². The van der Waals surface area contributed by atoms with Crippen LogP contribution in [-0.2, 0) is 16.3 Å². The first kappa shape index (κ1) is 17.1. The van der Waals surface area contributed by atoms with Gasteiger partial charge in [-0.2, -0.15) is 0 Å². The molecule has 1 heterocycles. The lowest BCUT2D eigenvalue weighted by molar-refractivity contribution is 0.242. The lowest BCUT2D eigenvalue weighted by Gasteiger charge is -2.27. The zero-order chi connectivity index (χ0) is 16.2. The van der Waals surface area contributed by atoms with Gasteiger partial charge in [0.05, 0.1) is 14.2 Å². The van der Waals surface area contributed by atoms with Gasteiger partial charge in [0.25, 0.3) is 0 Å². The van der Waals surface area contributed by atoms with E-state index in [-0.39, 0.29) is 4.90 Å². The third-order valence-electron chi connectivity index (χ3n) is 3.87. The average molecular weight is 328 g/mol. The largest absolute Gasteiger partial charge is 0.493 e. The van der Waals surface area contributed by atoms with E-state index in [1.165, 1.54) is 20.5 Å². The summed E-state index contributed by atoms with van der Waals surface area (Å²) in [7, 11) is -0.349. The van der Waals surface area contributed by atoms with Crippen LogP contribution in [0.25, 0.3) is 0 Å². The molecule has 1 aromatic rings. The Morgan fingerprint density at radius 3 is 2.32 bits per heavy atom. The van der Waals surface area contributed by atoms with E-state index in [4.69, 9.17) is 9.47 Å². The van der Waals surface area contributed by atoms with E-state index in [1.54, 1.807) is 6.07 Å². The van der Waals surface area contributed by atoms with Crippen molar-refractivity contribution in [3.05, 3.63) is 17.7 Å². The number of piperazine rings is 1. The highest BCUT2D eigenvalue weighted by atomic mass is 32.2.